The molecular formula is C22H16O5. The molecule has 0 spiro atoms. The van der Waals surface area contributed by atoms with Gasteiger partial charge in [0, 0.05) is 28.6 Å². The molecule has 27 heavy (non-hydrogen) atoms. The van der Waals surface area contributed by atoms with Crippen molar-refractivity contribution in [2.75, 3.05) is 0 Å². The van der Waals surface area contributed by atoms with Crippen molar-refractivity contribution in [1.29, 1.82) is 0 Å². The highest BCUT2D eigenvalue weighted by Gasteiger charge is 2.22. The van der Waals surface area contributed by atoms with E-state index in [4.69, 9.17) is 4.42 Å². The van der Waals surface area contributed by atoms with Crippen LogP contribution in [0.1, 0.15) is 21.5 Å². The molecule has 0 unspecified atom stereocenters. The highest BCUT2D eigenvalue weighted by Crippen LogP contribution is 2.42. The van der Waals surface area contributed by atoms with Gasteiger partial charge < -0.3 is 14.6 Å². The molecule has 0 saturated carbocycles. The average Bonchev–Trinajstić information content (AvgIpc) is 2.61. The van der Waals surface area contributed by atoms with Gasteiger partial charge in [0.25, 0.3) is 0 Å². The molecule has 0 amide bonds. The van der Waals surface area contributed by atoms with Crippen molar-refractivity contribution in [3.8, 4) is 28.2 Å². The number of aromatic hydroxyl groups is 1. The van der Waals surface area contributed by atoms with E-state index in [2.05, 4.69) is 0 Å². The fourth-order valence-corrected chi connectivity index (χ4v) is 3.35. The summed E-state index contributed by atoms with van der Waals surface area (Å²) in [5.41, 5.74) is 4.01. The summed E-state index contributed by atoms with van der Waals surface area (Å²) in [6.45, 7) is 3.79. The van der Waals surface area contributed by atoms with Crippen LogP contribution in [0.3, 0.4) is 0 Å². The third kappa shape index (κ3) is 2.73. The minimum absolute atomic E-state index is 0.0216. The number of carbonyl (C=O) groups is 1. The summed E-state index contributed by atoms with van der Waals surface area (Å²) >= 11 is 0. The Morgan fingerprint density at radius 1 is 0.926 bits per heavy atom. The van der Waals surface area contributed by atoms with Crippen LogP contribution in [0.25, 0.3) is 33.4 Å². The quantitative estimate of drug-likeness (QED) is 0.511. The maximum absolute atomic E-state index is 11.9. The van der Waals surface area contributed by atoms with Crippen LogP contribution in [0, 0.1) is 13.8 Å². The number of carboxylic acid groups (broad SMARTS) is 1. The Morgan fingerprint density at radius 3 is 2.41 bits per heavy atom. The molecule has 1 aliphatic heterocycles. The van der Waals surface area contributed by atoms with Crippen LogP contribution in [0.15, 0.2) is 57.7 Å². The lowest BCUT2D eigenvalue weighted by molar-refractivity contribution is 0.0697. The second-order valence-corrected chi connectivity index (χ2v) is 6.60. The molecule has 2 aliphatic rings. The number of carboxylic acids is 1. The van der Waals surface area contributed by atoms with Crippen LogP contribution >= 0.6 is 0 Å². The largest absolute Gasteiger partial charge is 0.508 e. The zero-order valence-corrected chi connectivity index (χ0v) is 14.7. The van der Waals surface area contributed by atoms with Crippen molar-refractivity contribution in [3.05, 3.63) is 75.4 Å². The Balaban J connectivity index is 2.23. The molecule has 1 heterocycles. The lowest BCUT2D eigenvalue weighted by Crippen LogP contribution is -2.04. The van der Waals surface area contributed by atoms with Crippen LogP contribution in [0.4, 0.5) is 0 Å². The van der Waals surface area contributed by atoms with Crippen LogP contribution in [-0.4, -0.2) is 16.2 Å². The van der Waals surface area contributed by atoms with Gasteiger partial charge in [-0.2, -0.15) is 0 Å². The van der Waals surface area contributed by atoms with Gasteiger partial charge in [-0.3, -0.25) is 4.79 Å². The van der Waals surface area contributed by atoms with Crippen molar-refractivity contribution in [1.82, 2.24) is 0 Å². The first-order valence-corrected chi connectivity index (χ1v) is 8.39. The molecule has 0 aromatic heterocycles. The number of hydrogen-bond acceptors (Lipinski definition) is 4. The molecule has 1 aliphatic carbocycles. The molecule has 0 saturated heterocycles. The van der Waals surface area contributed by atoms with E-state index in [1.807, 2.05) is 19.9 Å². The van der Waals surface area contributed by atoms with Gasteiger partial charge >= 0.3 is 5.97 Å². The molecule has 0 bridgehead atoms. The highest BCUT2D eigenvalue weighted by molar-refractivity contribution is 6.07. The Labute approximate surface area is 154 Å². The van der Waals surface area contributed by atoms with Crippen LogP contribution in [0.2, 0.25) is 0 Å². The molecule has 0 atom stereocenters. The molecule has 5 nitrogen and oxygen atoms in total. The number of hydrogen-bond donors (Lipinski definition) is 2. The number of phenolic OH excluding ortho intramolecular Hbond substituents is 1. The van der Waals surface area contributed by atoms with Crippen molar-refractivity contribution in [2.45, 2.75) is 13.8 Å². The first kappa shape index (κ1) is 16.8. The van der Waals surface area contributed by atoms with Crippen molar-refractivity contribution >= 4 is 16.9 Å². The molecule has 0 fully saturated rings. The summed E-state index contributed by atoms with van der Waals surface area (Å²) in [6.07, 6.45) is 0. The number of aromatic carboxylic acids is 1. The highest BCUT2D eigenvalue weighted by atomic mass is 16.4. The van der Waals surface area contributed by atoms with Crippen LogP contribution in [0.5, 0.6) is 5.75 Å². The minimum Gasteiger partial charge on any atom is -0.508 e. The number of rotatable bonds is 2. The van der Waals surface area contributed by atoms with Gasteiger partial charge in [-0.1, -0.05) is 6.07 Å². The Hall–Kier alpha value is -3.60. The van der Waals surface area contributed by atoms with E-state index in [-0.39, 0.29) is 16.7 Å². The van der Waals surface area contributed by atoms with Gasteiger partial charge in [0.2, 0.25) is 0 Å². The number of benzene rings is 3. The van der Waals surface area contributed by atoms with Gasteiger partial charge in [-0.15, -0.1) is 0 Å². The third-order valence-corrected chi connectivity index (χ3v) is 4.81. The summed E-state index contributed by atoms with van der Waals surface area (Å²) < 4.78 is 5.82. The van der Waals surface area contributed by atoms with Crippen LogP contribution < -0.4 is 5.43 Å². The Bertz CT molecular complexity index is 1250. The molecule has 4 rings (SSSR count). The Morgan fingerprint density at radius 2 is 1.67 bits per heavy atom. The molecule has 2 aromatic carbocycles. The van der Waals surface area contributed by atoms with Gasteiger partial charge in [-0.05, 0) is 60.9 Å². The number of fused-ring (bicyclic) bond motifs is 2. The van der Waals surface area contributed by atoms with Crippen LogP contribution in [-0.2, 0) is 0 Å². The predicted molar refractivity (Wildman–Crippen MR) is 103 cm³/mol. The first-order valence-electron chi connectivity index (χ1n) is 8.39. The normalized spacial score (nSPS) is 11.2. The van der Waals surface area contributed by atoms with E-state index < -0.39 is 5.97 Å². The fourth-order valence-electron chi connectivity index (χ4n) is 3.35. The van der Waals surface area contributed by atoms with Gasteiger partial charge in [0.1, 0.15) is 17.1 Å². The van der Waals surface area contributed by atoms with E-state index in [1.165, 1.54) is 24.3 Å². The number of aryl methyl sites for hydroxylation is 2. The SMILES string of the molecule is Cc1cc(C(=O)O)c(-c2c3ccc(=O)cc-3oc3cc(O)ccc23)cc1C. The number of phenols is 1. The van der Waals surface area contributed by atoms with Crippen molar-refractivity contribution in [3.63, 3.8) is 0 Å². The van der Waals surface area contributed by atoms with Crippen molar-refractivity contribution in [2.24, 2.45) is 0 Å². The van der Waals surface area contributed by atoms with E-state index in [1.54, 1.807) is 18.2 Å². The zero-order valence-electron chi connectivity index (χ0n) is 14.7. The minimum atomic E-state index is -1.03. The lowest BCUT2D eigenvalue weighted by atomic mass is 9.88. The topological polar surface area (TPSA) is 87.7 Å². The summed E-state index contributed by atoms with van der Waals surface area (Å²) in [7, 11) is 0. The Kier molecular flexibility index (Phi) is 3.73. The van der Waals surface area contributed by atoms with Gasteiger partial charge in [0.05, 0.1) is 5.56 Å². The molecule has 2 aromatic rings. The summed E-state index contributed by atoms with van der Waals surface area (Å²) in [6, 6.07) is 12.6. The maximum Gasteiger partial charge on any atom is 0.336 e. The molecule has 2 N–H and O–H groups in total. The van der Waals surface area contributed by atoms with E-state index in [9.17, 15) is 19.8 Å². The summed E-state index contributed by atoms with van der Waals surface area (Å²) in [5, 5.41) is 20.2. The monoisotopic (exact) mass is 360 g/mol. The van der Waals surface area contributed by atoms with E-state index in [0.717, 1.165) is 11.1 Å². The predicted octanol–water partition coefficient (Wildman–Crippen LogP) is 4.59. The van der Waals surface area contributed by atoms with E-state index in [0.29, 0.717) is 33.4 Å². The van der Waals surface area contributed by atoms with Gasteiger partial charge in [-0.25, -0.2) is 4.79 Å². The van der Waals surface area contributed by atoms with E-state index >= 15 is 0 Å². The standard InChI is InChI=1S/C22H16O5/c1-11-7-17(18(22(25)26)8-12(11)2)21-15-5-3-13(23)9-19(15)27-20-10-14(24)4-6-16(20)21/h3-10,23H,1-2H3,(H,25,26). The molecule has 0 radical (unpaired) electrons. The van der Waals surface area contributed by atoms with Gasteiger partial charge in [0.15, 0.2) is 5.43 Å². The smallest absolute Gasteiger partial charge is 0.336 e. The lowest BCUT2D eigenvalue weighted by Gasteiger charge is -2.18. The molecular weight excluding hydrogens is 344 g/mol. The second-order valence-electron chi connectivity index (χ2n) is 6.60. The summed E-state index contributed by atoms with van der Waals surface area (Å²) in [4.78, 5) is 23.7. The van der Waals surface area contributed by atoms with Crippen molar-refractivity contribution < 1.29 is 19.4 Å². The average molecular weight is 360 g/mol. The fraction of sp³-hybridized carbons (Fsp3) is 0.0909. The molecule has 134 valence electrons. The first-order chi connectivity index (χ1) is 12.8. The second kappa shape index (κ2) is 5.99. The maximum atomic E-state index is 11.9. The zero-order chi connectivity index (χ0) is 19.3. The summed E-state index contributed by atoms with van der Waals surface area (Å²) in [5.74, 6) is -0.673. The molecule has 5 heteroatoms. The third-order valence-electron chi connectivity index (χ3n) is 4.81.